The standard InChI is InChI=1S/C61H117NO5/c1-3-5-7-9-11-13-15-17-19-26-29-33-37-41-45-49-53-59(64)58(57-63)62-60(65)54-50-46-42-38-34-30-27-23-21-20-22-24-28-32-36-40-44-48-52-56-67-61(66)55-51-47-43-39-35-31-25-18-16-14-12-10-8-6-4-2/h18,20-21,25,58-59,63-64H,3-17,19,22-24,26-57H2,1-2H3,(H,62,65)/b21-20-,25-18-. The second-order valence-corrected chi connectivity index (χ2v) is 20.7. The van der Waals surface area contributed by atoms with Gasteiger partial charge in [-0.25, -0.2) is 0 Å². The lowest BCUT2D eigenvalue weighted by Gasteiger charge is -2.22. The van der Waals surface area contributed by atoms with Crippen LogP contribution in [0.2, 0.25) is 0 Å². The van der Waals surface area contributed by atoms with Gasteiger partial charge >= 0.3 is 5.97 Å². The van der Waals surface area contributed by atoms with E-state index in [1.165, 1.54) is 250 Å². The van der Waals surface area contributed by atoms with Crippen molar-refractivity contribution in [2.24, 2.45) is 0 Å². The third kappa shape index (κ3) is 53.5. The molecule has 0 aromatic carbocycles. The predicted molar refractivity (Wildman–Crippen MR) is 292 cm³/mol. The van der Waals surface area contributed by atoms with Gasteiger partial charge in [-0.15, -0.1) is 0 Å². The summed E-state index contributed by atoms with van der Waals surface area (Å²) >= 11 is 0. The number of unbranched alkanes of at least 4 members (excludes halogenated alkanes) is 41. The Kier molecular flexibility index (Phi) is 55.5. The first kappa shape index (κ1) is 65.3. The molecule has 1 amide bonds. The molecule has 0 bridgehead atoms. The SMILES string of the molecule is CCCCCCCC/C=C\CCCCCCCC(=O)OCCCCCCCCCC/C=C\CCCCCCCCCC(=O)NC(CO)C(O)CCCCCCCCCCCCCCCCCC. The summed E-state index contributed by atoms with van der Waals surface area (Å²) in [4.78, 5) is 24.5. The summed E-state index contributed by atoms with van der Waals surface area (Å²) in [5.41, 5.74) is 0. The van der Waals surface area contributed by atoms with Gasteiger partial charge < -0.3 is 20.3 Å². The number of nitrogens with one attached hydrogen (secondary N) is 1. The van der Waals surface area contributed by atoms with Crippen LogP contribution in [0.25, 0.3) is 0 Å². The molecular formula is C61H117NO5. The molecule has 0 saturated carbocycles. The smallest absolute Gasteiger partial charge is 0.305 e. The van der Waals surface area contributed by atoms with Crippen molar-refractivity contribution >= 4 is 11.9 Å². The summed E-state index contributed by atoms with van der Waals surface area (Å²) in [5.74, 6) is -0.0465. The van der Waals surface area contributed by atoms with Gasteiger partial charge in [-0.05, 0) is 77.0 Å². The van der Waals surface area contributed by atoms with Gasteiger partial charge in [0.15, 0.2) is 0 Å². The highest BCUT2D eigenvalue weighted by atomic mass is 16.5. The Balaban J connectivity index is 3.44. The number of ether oxygens (including phenoxy) is 1. The molecular weight excluding hydrogens is 827 g/mol. The molecule has 396 valence electrons. The van der Waals surface area contributed by atoms with Crippen molar-refractivity contribution in [1.29, 1.82) is 0 Å². The van der Waals surface area contributed by atoms with Crippen molar-refractivity contribution in [3.8, 4) is 0 Å². The highest BCUT2D eigenvalue weighted by molar-refractivity contribution is 5.76. The van der Waals surface area contributed by atoms with Crippen molar-refractivity contribution < 1.29 is 24.5 Å². The minimum absolute atomic E-state index is 0.00360. The first-order valence-corrected chi connectivity index (χ1v) is 30.1. The molecule has 0 aliphatic heterocycles. The van der Waals surface area contributed by atoms with Crippen molar-refractivity contribution in [2.75, 3.05) is 13.2 Å². The maximum absolute atomic E-state index is 12.5. The van der Waals surface area contributed by atoms with Gasteiger partial charge in [-0.2, -0.15) is 0 Å². The zero-order valence-electron chi connectivity index (χ0n) is 45.1. The van der Waals surface area contributed by atoms with E-state index in [2.05, 4.69) is 43.5 Å². The lowest BCUT2D eigenvalue weighted by molar-refractivity contribution is -0.143. The number of aliphatic hydroxyl groups excluding tert-OH is 2. The van der Waals surface area contributed by atoms with Gasteiger partial charge in [0.25, 0.3) is 0 Å². The Morgan fingerprint density at radius 1 is 0.403 bits per heavy atom. The number of hydrogen-bond acceptors (Lipinski definition) is 5. The largest absolute Gasteiger partial charge is 0.466 e. The molecule has 67 heavy (non-hydrogen) atoms. The van der Waals surface area contributed by atoms with E-state index in [9.17, 15) is 19.8 Å². The van der Waals surface area contributed by atoms with Crippen LogP contribution in [0.15, 0.2) is 24.3 Å². The molecule has 0 rings (SSSR count). The van der Waals surface area contributed by atoms with E-state index < -0.39 is 12.1 Å². The molecule has 0 aromatic heterocycles. The van der Waals surface area contributed by atoms with Gasteiger partial charge in [0.1, 0.15) is 0 Å². The number of hydrogen-bond donors (Lipinski definition) is 3. The molecule has 0 heterocycles. The first-order valence-electron chi connectivity index (χ1n) is 30.1. The zero-order valence-corrected chi connectivity index (χ0v) is 45.1. The van der Waals surface area contributed by atoms with Gasteiger partial charge in [0.05, 0.1) is 25.4 Å². The van der Waals surface area contributed by atoms with Crippen LogP contribution in [0, 0.1) is 0 Å². The zero-order chi connectivity index (χ0) is 48.6. The summed E-state index contributed by atoms with van der Waals surface area (Å²) in [6.45, 7) is 4.95. The van der Waals surface area contributed by atoms with Gasteiger partial charge in [0, 0.05) is 12.8 Å². The predicted octanol–water partition coefficient (Wildman–Crippen LogP) is 18.6. The fourth-order valence-electron chi connectivity index (χ4n) is 9.34. The minimum Gasteiger partial charge on any atom is -0.466 e. The summed E-state index contributed by atoms with van der Waals surface area (Å²) in [7, 11) is 0. The normalized spacial score (nSPS) is 12.7. The quantitative estimate of drug-likeness (QED) is 0.0321. The van der Waals surface area contributed by atoms with E-state index in [1.807, 2.05) is 0 Å². The molecule has 0 radical (unpaired) electrons. The lowest BCUT2D eigenvalue weighted by Crippen LogP contribution is -2.45. The Morgan fingerprint density at radius 3 is 1.06 bits per heavy atom. The van der Waals surface area contributed by atoms with Crippen LogP contribution in [0.3, 0.4) is 0 Å². The molecule has 0 aromatic rings. The number of allylic oxidation sites excluding steroid dienone is 4. The molecule has 0 spiro atoms. The summed E-state index contributed by atoms with van der Waals surface area (Å²) < 4.78 is 5.47. The number of amides is 1. The number of esters is 1. The molecule has 6 heteroatoms. The minimum atomic E-state index is -0.670. The van der Waals surface area contributed by atoms with Crippen LogP contribution in [0.1, 0.15) is 328 Å². The summed E-state index contributed by atoms with van der Waals surface area (Å²) in [6.07, 6.45) is 68.9. The molecule has 0 fully saturated rings. The molecule has 6 nitrogen and oxygen atoms in total. The first-order chi connectivity index (χ1) is 33.0. The van der Waals surface area contributed by atoms with Gasteiger partial charge in [-0.1, -0.05) is 263 Å². The highest BCUT2D eigenvalue weighted by Crippen LogP contribution is 2.17. The van der Waals surface area contributed by atoms with E-state index >= 15 is 0 Å². The third-order valence-electron chi connectivity index (χ3n) is 14.0. The monoisotopic (exact) mass is 944 g/mol. The second kappa shape index (κ2) is 56.9. The molecule has 2 atom stereocenters. The average Bonchev–Trinajstić information content (AvgIpc) is 3.33. The Labute approximate surface area is 418 Å². The van der Waals surface area contributed by atoms with Crippen LogP contribution in [0.4, 0.5) is 0 Å². The van der Waals surface area contributed by atoms with Crippen molar-refractivity contribution in [3.63, 3.8) is 0 Å². The molecule has 0 aliphatic carbocycles. The van der Waals surface area contributed by atoms with E-state index in [4.69, 9.17) is 4.74 Å². The maximum atomic E-state index is 12.5. The lowest BCUT2D eigenvalue weighted by atomic mass is 10.0. The van der Waals surface area contributed by atoms with Gasteiger partial charge in [0.2, 0.25) is 5.91 Å². The van der Waals surface area contributed by atoms with Crippen molar-refractivity contribution in [1.82, 2.24) is 5.32 Å². The van der Waals surface area contributed by atoms with E-state index in [-0.39, 0.29) is 18.5 Å². The van der Waals surface area contributed by atoms with Crippen molar-refractivity contribution in [2.45, 2.75) is 341 Å². The molecule has 3 N–H and O–H groups in total. The average molecular weight is 945 g/mol. The number of carbonyl (C=O) groups is 2. The summed E-state index contributed by atoms with van der Waals surface area (Å²) in [5, 5.41) is 23.3. The molecule has 0 aliphatic rings. The van der Waals surface area contributed by atoms with Gasteiger partial charge in [-0.3, -0.25) is 9.59 Å². The Morgan fingerprint density at radius 2 is 0.701 bits per heavy atom. The van der Waals surface area contributed by atoms with Crippen LogP contribution >= 0.6 is 0 Å². The Bertz CT molecular complexity index is 1040. The van der Waals surface area contributed by atoms with Crippen molar-refractivity contribution in [3.05, 3.63) is 24.3 Å². The topological polar surface area (TPSA) is 95.9 Å². The fourth-order valence-corrected chi connectivity index (χ4v) is 9.34. The number of rotatable bonds is 56. The molecule has 0 saturated heterocycles. The number of carbonyl (C=O) groups excluding carboxylic acids is 2. The maximum Gasteiger partial charge on any atom is 0.305 e. The third-order valence-corrected chi connectivity index (χ3v) is 14.0. The second-order valence-electron chi connectivity index (χ2n) is 20.7. The van der Waals surface area contributed by atoms with E-state index in [1.54, 1.807) is 0 Å². The van der Waals surface area contributed by atoms with Crippen LogP contribution in [-0.2, 0) is 14.3 Å². The van der Waals surface area contributed by atoms with Crippen LogP contribution < -0.4 is 5.32 Å². The highest BCUT2D eigenvalue weighted by Gasteiger charge is 2.20. The summed E-state index contributed by atoms with van der Waals surface area (Å²) in [6, 6.07) is -0.548. The Hall–Kier alpha value is -1.66. The number of aliphatic hydroxyl groups is 2. The fraction of sp³-hybridized carbons (Fsp3) is 0.902. The van der Waals surface area contributed by atoms with E-state index in [0.29, 0.717) is 25.9 Å². The molecule has 2 unspecified atom stereocenters. The van der Waals surface area contributed by atoms with Crippen LogP contribution in [0.5, 0.6) is 0 Å². The van der Waals surface area contributed by atoms with E-state index in [0.717, 1.165) is 44.9 Å². The van der Waals surface area contributed by atoms with Crippen LogP contribution in [-0.4, -0.2) is 47.4 Å².